The van der Waals surface area contributed by atoms with E-state index in [1.165, 1.54) is 11.1 Å². The van der Waals surface area contributed by atoms with Crippen LogP contribution in [0, 0.1) is 0 Å². The molecule has 5 rings (SSSR count). The number of aliphatic hydroxyl groups is 2. The molecule has 2 aliphatic heterocycles. The summed E-state index contributed by atoms with van der Waals surface area (Å²) in [6, 6.07) is 6.98. The standard InChI is InChI=1S/C24H28N2O5Si/c1-4-24(29)18-11-19-21(22(27)17(18)13-31-23(24)28)26-12-16-14(8-9-32(2,3)30)6-5-7-15(16)10-20(26)25-19/h5-7,10,27,29-30H,4,8-9,11-13H2,1-3H3/t24-/m0/s1. The van der Waals surface area contributed by atoms with Crippen LogP contribution in [-0.4, -0.2) is 51.1 Å². The zero-order valence-corrected chi connectivity index (χ0v) is 19.6. The van der Waals surface area contributed by atoms with Crippen molar-refractivity contribution >= 4 is 26.1 Å². The summed E-state index contributed by atoms with van der Waals surface area (Å²) in [4.78, 5) is 27.4. The predicted octanol–water partition coefficient (Wildman–Crippen LogP) is 1.03. The van der Waals surface area contributed by atoms with Gasteiger partial charge in [0.05, 0.1) is 12.2 Å². The Bertz CT molecular complexity index is 1300. The Labute approximate surface area is 187 Å². The van der Waals surface area contributed by atoms with E-state index in [2.05, 4.69) is 12.1 Å². The van der Waals surface area contributed by atoms with Crippen molar-refractivity contribution in [3.8, 4) is 0 Å². The van der Waals surface area contributed by atoms with E-state index in [0.29, 0.717) is 35.2 Å². The quantitative estimate of drug-likeness (QED) is 0.403. The van der Waals surface area contributed by atoms with Crippen LogP contribution in [0.5, 0.6) is 0 Å². The van der Waals surface area contributed by atoms with Crippen LogP contribution in [0.15, 0.2) is 29.3 Å². The molecule has 3 heterocycles. The van der Waals surface area contributed by atoms with Gasteiger partial charge in [-0.3, -0.25) is 0 Å². The first-order valence-corrected chi connectivity index (χ1v) is 14.2. The molecule has 0 amide bonds. The molecule has 0 saturated heterocycles. The second-order valence-electron chi connectivity index (χ2n) is 9.57. The van der Waals surface area contributed by atoms with Crippen molar-refractivity contribution in [2.45, 2.75) is 57.5 Å². The van der Waals surface area contributed by atoms with Gasteiger partial charge in [-0.25, -0.2) is 9.78 Å². The fourth-order valence-corrected chi connectivity index (χ4v) is 5.86. The molecule has 32 heavy (non-hydrogen) atoms. The minimum absolute atomic E-state index is 0.0256. The highest BCUT2D eigenvalue weighted by Crippen LogP contribution is 2.36. The van der Waals surface area contributed by atoms with Gasteiger partial charge in [0.25, 0.3) is 0 Å². The minimum atomic E-state index is -2.17. The number of cyclic esters (lactones) is 1. The zero-order chi connectivity index (χ0) is 22.8. The van der Waals surface area contributed by atoms with Crippen LogP contribution in [0.4, 0.5) is 0 Å². The van der Waals surface area contributed by atoms with Gasteiger partial charge in [-0.1, -0.05) is 25.1 Å². The number of fused-ring (bicyclic) bond motifs is 4. The van der Waals surface area contributed by atoms with Crippen LogP contribution in [0.25, 0.3) is 11.8 Å². The average Bonchev–Trinajstić information content (AvgIpc) is 3.10. The van der Waals surface area contributed by atoms with Gasteiger partial charge in [0.15, 0.2) is 13.9 Å². The lowest BCUT2D eigenvalue weighted by molar-refractivity contribution is -0.163. The van der Waals surface area contributed by atoms with Crippen molar-refractivity contribution in [2.24, 2.45) is 0 Å². The largest absolute Gasteiger partial charge is 0.505 e. The number of aryl methyl sites for hydroxylation is 1. The molecule has 0 radical (unpaired) electrons. The summed E-state index contributed by atoms with van der Waals surface area (Å²) >= 11 is 0. The second-order valence-corrected chi connectivity index (χ2v) is 13.7. The molecule has 2 aromatic rings. The molecule has 0 saturated carbocycles. The molecule has 1 aromatic carbocycles. The summed E-state index contributed by atoms with van der Waals surface area (Å²) in [7, 11) is -2.17. The molecule has 1 atom stereocenters. The first-order chi connectivity index (χ1) is 15.1. The summed E-state index contributed by atoms with van der Waals surface area (Å²) in [6.45, 7) is 6.14. The monoisotopic (exact) mass is 452 g/mol. The SMILES string of the molecule is CC[C@@]1(O)C(=O)OCC2=C1Cc1nc3n(c1=C2O)Cc1c(cccc1CC[Si](C)(C)O)C=3. The van der Waals surface area contributed by atoms with Gasteiger partial charge in [-0.15, -0.1) is 0 Å². The topological polar surface area (TPSA) is 105 Å². The van der Waals surface area contributed by atoms with E-state index in [4.69, 9.17) is 9.72 Å². The molecule has 3 N–H and O–H groups in total. The summed E-state index contributed by atoms with van der Waals surface area (Å²) in [5, 5.41) is 22.8. The van der Waals surface area contributed by atoms with E-state index in [-0.39, 0.29) is 18.8 Å². The van der Waals surface area contributed by atoms with E-state index < -0.39 is 19.9 Å². The van der Waals surface area contributed by atoms with Crippen LogP contribution in [0.1, 0.15) is 35.7 Å². The first-order valence-electron chi connectivity index (χ1n) is 11.1. The smallest absolute Gasteiger partial charge is 0.342 e. The molecule has 0 fully saturated rings. The maximum absolute atomic E-state index is 12.3. The molecule has 8 heteroatoms. The van der Waals surface area contributed by atoms with Gasteiger partial charge in [-0.2, -0.15) is 0 Å². The third-order valence-electron chi connectivity index (χ3n) is 6.90. The third kappa shape index (κ3) is 3.16. The average molecular weight is 453 g/mol. The Morgan fingerprint density at radius 3 is 2.81 bits per heavy atom. The van der Waals surface area contributed by atoms with E-state index in [9.17, 15) is 19.8 Å². The molecule has 7 nitrogen and oxygen atoms in total. The lowest BCUT2D eigenvalue weighted by Crippen LogP contribution is -2.49. The third-order valence-corrected chi connectivity index (χ3v) is 8.37. The Morgan fingerprint density at radius 1 is 1.31 bits per heavy atom. The minimum Gasteiger partial charge on any atom is -0.505 e. The van der Waals surface area contributed by atoms with Crippen molar-refractivity contribution in [3.05, 3.63) is 62.6 Å². The number of aromatic nitrogens is 2. The number of aliphatic hydroxyl groups excluding tert-OH is 1. The van der Waals surface area contributed by atoms with Gasteiger partial charge in [0, 0.05) is 12.0 Å². The maximum Gasteiger partial charge on any atom is 0.342 e. The Kier molecular flexibility index (Phi) is 4.74. The Balaban J connectivity index is 1.63. The number of carbonyl (C=O) groups is 1. The molecule has 168 valence electrons. The molecule has 0 unspecified atom stereocenters. The van der Waals surface area contributed by atoms with Gasteiger partial charge < -0.3 is 24.3 Å². The molecule has 3 aliphatic rings. The lowest BCUT2D eigenvalue weighted by Gasteiger charge is -2.35. The van der Waals surface area contributed by atoms with E-state index in [0.717, 1.165) is 23.5 Å². The highest BCUT2D eigenvalue weighted by molar-refractivity contribution is 6.69. The summed E-state index contributed by atoms with van der Waals surface area (Å²) in [6.07, 6.45) is 3.30. The maximum atomic E-state index is 12.3. The van der Waals surface area contributed by atoms with Crippen LogP contribution < -0.4 is 10.8 Å². The predicted molar refractivity (Wildman–Crippen MR) is 122 cm³/mol. The van der Waals surface area contributed by atoms with Gasteiger partial charge in [0.2, 0.25) is 0 Å². The van der Waals surface area contributed by atoms with Crippen LogP contribution >= 0.6 is 0 Å². The summed E-state index contributed by atoms with van der Waals surface area (Å²) in [5.74, 6) is -0.643. The van der Waals surface area contributed by atoms with Crippen molar-refractivity contribution in [3.63, 3.8) is 0 Å². The molecular weight excluding hydrogens is 424 g/mol. The Hall–Kier alpha value is -2.68. The number of hydrogen-bond acceptors (Lipinski definition) is 6. The van der Waals surface area contributed by atoms with Crippen molar-refractivity contribution < 1.29 is 24.5 Å². The molecule has 0 bridgehead atoms. The number of carbonyl (C=O) groups excluding carboxylic acids is 1. The fraction of sp³-hybridized carbons (Fsp3) is 0.417. The van der Waals surface area contributed by atoms with Crippen molar-refractivity contribution in [1.29, 1.82) is 0 Å². The van der Waals surface area contributed by atoms with Crippen molar-refractivity contribution in [2.75, 3.05) is 6.61 Å². The first kappa shape index (κ1) is 21.2. The normalized spacial score (nSPS) is 21.9. The molecule has 1 aromatic heterocycles. The number of hydrogen-bond donors (Lipinski definition) is 3. The number of ether oxygens (including phenoxy) is 1. The molecule has 0 spiro atoms. The van der Waals surface area contributed by atoms with Gasteiger partial charge >= 0.3 is 5.97 Å². The van der Waals surface area contributed by atoms with Crippen LogP contribution in [-0.2, 0) is 28.9 Å². The van der Waals surface area contributed by atoms with E-state index in [1.807, 2.05) is 29.8 Å². The number of rotatable bonds is 4. The van der Waals surface area contributed by atoms with Crippen molar-refractivity contribution in [1.82, 2.24) is 9.55 Å². The number of esters is 1. The fourth-order valence-electron chi connectivity index (χ4n) is 4.98. The van der Waals surface area contributed by atoms with Gasteiger partial charge in [0.1, 0.15) is 23.2 Å². The number of imidazole rings is 1. The lowest BCUT2D eigenvalue weighted by atomic mass is 9.80. The second kappa shape index (κ2) is 7.16. The summed E-state index contributed by atoms with van der Waals surface area (Å²) in [5.41, 5.74) is 4.11. The van der Waals surface area contributed by atoms with Gasteiger partial charge in [-0.05, 0) is 60.3 Å². The van der Waals surface area contributed by atoms with E-state index >= 15 is 0 Å². The highest BCUT2D eigenvalue weighted by atomic mass is 28.4. The molecular formula is C24H28N2O5Si. The number of nitrogens with zero attached hydrogens (tertiary/aromatic N) is 2. The zero-order valence-electron chi connectivity index (χ0n) is 18.6. The summed E-state index contributed by atoms with van der Waals surface area (Å²) < 4.78 is 7.22. The van der Waals surface area contributed by atoms with Crippen LogP contribution in [0.2, 0.25) is 19.1 Å². The number of benzene rings is 1. The van der Waals surface area contributed by atoms with Crippen LogP contribution in [0.3, 0.4) is 0 Å². The van der Waals surface area contributed by atoms with E-state index in [1.54, 1.807) is 6.92 Å². The Morgan fingerprint density at radius 2 is 2.09 bits per heavy atom. The molecule has 1 aliphatic carbocycles. The highest BCUT2D eigenvalue weighted by Gasteiger charge is 2.47.